The van der Waals surface area contributed by atoms with Gasteiger partial charge in [-0.1, -0.05) is 29.8 Å². The summed E-state index contributed by atoms with van der Waals surface area (Å²) < 4.78 is 31.3. The average molecular weight is 385 g/mol. The Hall–Kier alpha value is -1.66. The van der Waals surface area contributed by atoms with E-state index >= 15 is 0 Å². The number of carbonyl (C=O) groups excluding carboxylic acids is 1. The van der Waals surface area contributed by atoms with Crippen molar-refractivity contribution in [2.24, 2.45) is 0 Å². The van der Waals surface area contributed by atoms with E-state index in [1.54, 1.807) is 18.2 Å². The van der Waals surface area contributed by atoms with Gasteiger partial charge in [0.2, 0.25) is 5.79 Å². The molecule has 4 nitrogen and oxygen atoms in total. The Morgan fingerprint density at radius 2 is 2.08 bits per heavy atom. The van der Waals surface area contributed by atoms with Gasteiger partial charge in [-0.05, 0) is 24.3 Å². The maximum Gasteiger partial charge on any atom is 0.338 e. The lowest BCUT2D eigenvalue weighted by atomic mass is 9.92. The molecule has 1 saturated heterocycles. The van der Waals surface area contributed by atoms with E-state index in [0.29, 0.717) is 5.02 Å². The fourth-order valence-electron chi connectivity index (χ4n) is 2.82. The van der Waals surface area contributed by atoms with Crippen molar-refractivity contribution in [2.75, 3.05) is 19.6 Å². The molecule has 1 heterocycles. The van der Waals surface area contributed by atoms with Crippen LogP contribution in [0.3, 0.4) is 0 Å². The van der Waals surface area contributed by atoms with Crippen molar-refractivity contribution in [2.45, 2.75) is 11.9 Å². The molecular formula is C18H15Cl2FO4. The predicted octanol–water partition coefficient (Wildman–Crippen LogP) is 4.12. The van der Waals surface area contributed by atoms with Crippen LogP contribution in [-0.4, -0.2) is 31.7 Å². The van der Waals surface area contributed by atoms with Gasteiger partial charge < -0.3 is 14.2 Å². The molecule has 0 radical (unpaired) electrons. The first-order valence-electron chi connectivity index (χ1n) is 7.53. The van der Waals surface area contributed by atoms with Crippen molar-refractivity contribution in [3.63, 3.8) is 0 Å². The summed E-state index contributed by atoms with van der Waals surface area (Å²) in [6, 6.07) is 10.6. The molecule has 1 aliphatic rings. The molecule has 2 atom stereocenters. The van der Waals surface area contributed by atoms with Crippen LogP contribution in [0.5, 0.6) is 0 Å². The first-order chi connectivity index (χ1) is 12.0. The number of hydrogen-bond acceptors (Lipinski definition) is 4. The topological polar surface area (TPSA) is 44.8 Å². The number of methoxy groups -OCH3 is 1. The maximum absolute atomic E-state index is 14.6. The quantitative estimate of drug-likeness (QED) is 0.587. The van der Waals surface area contributed by atoms with Crippen LogP contribution in [-0.2, 0) is 20.0 Å². The molecule has 0 amide bonds. The molecular weight excluding hydrogens is 370 g/mol. The third kappa shape index (κ3) is 3.25. The summed E-state index contributed by atoms with van der Waals surface area (Å²) >= 11 is 12.0. The maximum atomic E-state index is 14.6. The number of rotatable bonds is 4. The molecule has 0 aromatic heterocycles. The van der Waals surface area contributed by atoms with Crippen molar-refractivity contribution < 1.29 is 23.4 Å². The molecule has 25 heavy (non-hydrogen) atoms. The summed E-state index contributed by atoms with van der Waals surface area (Å²) in [4.78, 5) is 12.2. The molecule has 2 aromatic rings. The van der Waals surface area contributed by atoms with E-state index in [1.807, 2.05) is 0 Å². The predicted molar refractivity (Wildman–Crippen MR) is 91.5 cm³/mol. The average Bonchev–Trinajstić information content (AvgIpc) is 3.07. The summed E-state index contributed by atoms with van der Waals surface area (Å²) in [5, 5.41) is 0.347. The molecule has 0 aliphatic carbocycles. The van der Waals surface area contributed by atoms with Gasteiger partial charge in [0.15, 0.2) is 0 Å². The summed E-state index contributed by atoms with van der Waals surface area (Å²) in [5.74, 6) is -2.62. The molecule has 2 unspecified atom stereocenters. The molecule has 7 heteroatoms. The van der Waals surface area contributed by atoms with E-state index < -0.39 is 23.7 Å². The summed E-state index contributed by atoms with van der Waals surface area (Å²) in [7, 11) is 1.26. The molecule has 0 spiro atoms. The number of halogens is 3. The van der Waals surface area contributed by atoms with E-state index in [1.165, 1.54) is 31.4 Å². The Kier molecular flexibility index (Phi) is 5.29. The second-order valence-corrected chi connectivity index (χ2v) is 6.23. The fourth-order valence-corrected chi connectivity index (χ4v) is 3.15. The van der Waals surface area contributed by atoms with Crippen molar-refractivity contribution >= 4 is 29.2 Å². The lowest BCUT2D eigenvalue weighted by Gasteiger charge is -2.30. The molecule has 0 bridgehead atoms. The number of esters is 1. The summed E-state index contributed by atoms with van der Waals surface area (Å²) in [6.07, 6.45) is -0.467. The van der Waals surface area contributed by atoms with Gasteiger partial charge in [-0.15, -0.1) is 11.6 Å². The Labute approximate surface area is 154 Å². The summed E-state index contributed by atoms with van der Waals surface area (Å²) in [6.45, 7) is 0.144. The molecule has 2 aromatic carbocycles. The molecule has 3 rings (SSSR count). The van der Waals surface area contributed by atoms with Gasteiger partial charge >= 0.3 is 5.97 Å². The first-order valence-corrected chi connectivity index (χ1v) is 8.44. The zero-order valence-corrected chi connectivity index (χ0v) is 14.8. The lowest BCUT2D eigenvalue weighted by molar-refractivity contribution is -0.142. The third-order valence-electron chi connectivity index (χ3n) is 3.95. The van der Waals surface area contributed by atoms with Crippen LogP contribution in [0.2, 0.25) is 5.02 Å². The van der Waals surface area contributed by atoms with Gasteiger partial charge in [-0.25, -0.2) is 9.18 Å². The summed E-state index contributed by atoms with van der Waals surface area (Å²) in [5.41, 5.74) is 0.574. The van der Waals surface area contributed by atoms with Crippen molar-refractivity contribution in [3.8, 4) is 0 Å². The normalized spacial score (nSPS) is 22.8. The smallest absolute Gasteiger partial charge is 0.338 e. The van der Waals surface area contributed by atoms with Gasteiger partial charge in [0.1, 0.15) is 5.82 Å². The monoisotopic (exact) mass is 384 g/mol. The second-order valence-electron chi connectivity index (χ2n) is 5.48. The zero-order valence-electron chi connectivity index (χ0n) is 13.3. The number of ether oxygens (including phenoxy) is 3. The minimum absolute atomic E-state index is 0.134. The van der Waals surface area contributed by atoms with E-state index in [9.17, 15) is 9.18 Å². The number of hydrogen-bond donors (Lipinski definition) is 0. The van der Waals surface area contributed by atoms with Gasteiger partial charge in [0, 0.05) is 10.6 Å². The van der Waals surface area contributed by atoms with E-state index in [-0.39, 0.29) is 29.2 Å². The van der Waals surface area contributed by atoms with Crippen LogP contribution in [0.4, 0.5) is 4.39 Å². The van der Waals surface area contributed by atoms with Gasteiger partial charge in [0.05, 0.1) is 36.8 Å². The molecule has 132 valence electrons. The molecule has 1 aliphatic heterocycles. The number of alkyl halides is 1. The minimum atomic E-state index is -1.64. The van der Waals surface area contributed by atoms with Gasteiger partial charge in [-0.3, -0.25) is 0 Å². The highest BCUT2D eigenvalue weighted by Crippen LogP contribution is 2.44. The van der Waals surface area contributed by atoms with Crippen LogP contribution in [0.1, 0.15) is 21.5 Å². The van der Waals surface area contributed by atoms with Crippen LogP contribution in [0.15, 0.2) is 42.5 Å². The Morgan fingerprint density at radius 3 is 2.72 bits per heavy atom. The lowest BCUT2D eigenvalue weighted by Crippen LogP contribution is -2.33. The molecule has 0 N–H and O–H groups in total. The van der Waals surface area contributed by atoms with Crippen molar-refractivity contribution in [3.05, 3.63) is 70.0 Å². The SMILES string of the molecule is COC(=O)c1ccc(Cl)cc1C1(c2ccccc2F)OCC(CCl)O1. The highest BCUT2D eigenvalue weighted by atomic mass is 35.5. The number of carbonyl (C=O) groups is 1. The highest BCUT2D eigenvalue weighted by molar-refractivity contribution is 6.30. The number of benzene rings is 2. The minimum Gasteiger partial charge on any atom is -0.465 e. The van der Waals surface area contributed by atoms with E-state index in [2.05, 4.69) is 0 Å². The zero-order chi connectivity index (χ0) is 18.0. The Morgan fingerprint density at radius 1 is 1.32 bits per heavy atom. The molecule has 0 saturated carbocycles. The van der Waals surface area contributed by atoms with Crippen LogP contribution in [0.25, 0.3) is 0 Å². The van der Waals surface area contributed by atoms with Gasteiger partial charge in [-0.2, -0.15) is 0 Å². The van der Waals surface area contributed by atoms with E-state index in [0.717, 1.165) is 0 Å². The van der Waals surface area contributed by atoms with Crippen molar-refractivity contribution in [1.82, 2.24) is 0 Å². The van der Waals surface area contributed by atoms with Crippen molar-refractivity contribution in [1.29, 1.82) is 0 Å². The Bertz CT molecular complexity index is 798. The standard InChI is InChI=1S/C18H15Cl2FO4/c1-23-17(22)13-7-6-11(20)8-15(13)18(24-10-12(9-19)25-18)14-4-2-3-5-16(14)21/h2-8,12H,9-10H2,1H3. The highest BCUT2D eigenvalue weighted by Gasteiger charge is 2.48. The first kappa shape index (κ1) is 18.1. The van der Waals surface area contributed by atoms with Crippen LogP contribution in [0, 0.1) is 5.82 Å². The second kappa shape index (κ2) is 7.30. The largest absolute Gasteiger partial charge is 0.465 e. The Balaban J connectivity index is 2.26. The van der Waals surface area contributed by atoms with Crippen LogP contribution >= 0.6 is 23.2 Å². The third-order valence-corrected chi connectivity index (χ3v) is 4.53. The van der Waals surface area contributed by atoms with E-state index in [4.69, 9.17) is 37.4 Å². The van der Waals surface area contributed by atoms with Gasteiger partial charge in [0.25, 0.3) is 0 Å². The molecule has 1 fully saturated rings. The fraction of sp³-hybridized carbons (Fsp3) is 0.278. The van der Waals surface area contributed by atoms with Crippen LogP contribution < -0.4 is 0 Å².